The van der Waals surface area contributed by atoms with Gasteiger partial charge in [-0.1, -0.05) is 22.4 Å². The van der Waals surface area contributed by atoms with Gasteiger partial charge in [0.2, 0.25) is 0 Å². The predicted molar refractivity (Wildman–Crippen MR) is 48.5 cm³/mol. The highest BCUT2D eigenvalue weighted by Gasteiger charge is 2.40. The van der Waals surface area contributed by atoms with Crippen molar-refractivity contribution in [2.75, 3.05) is 0 Å². The number of aliphatic hydroxyl groups excluding tert-OH is 1. The smallest absolute Gasteiger partial charge is 0.0737 e. The number of allylic oxidation sites excluding steroid dienone is 1. The summed E-state index contributed by atoms with van der Waals surface area (Å²) >= 11 is 3.48. The maximum Gasteiger partial charge on any atom is 0.0737 e. The SMILES string of the molecule is OC1C=C(Br)CC2(CCC2)C1. The highest BCUT2D eigenvalue weighted by atomic mass is 79.9. The van der Waals surface area contributed by atoms with Crippen molar-refractivity contribution in [3.8, 4) is 0 Å². The lowest BCUT2D eigenvalue weighted by molar-refractivity contribution is 0.0527. The number of halogens is 1. The van der Waals surface area contributed by atoms with Gasteiger partial charge in [0.15, 0.2) is 0 Å². The van der Waals surface area contributed by atoms with Crippen molar-refractivity contribution in [3.63, 3.8) is 0 Å². The molecule has 2 aliphatic carbocycles. The Bertz CT molecular complexity index is 194. The fourth-order valence-electron chi connectivity index (χ4n) is 2.26. The molecule has 1 saturated carbocycles. The monoisotopic (exact) mass is 216 g/mol. The third kappa shape index (κ3) is 1.38. The van der Waals surface area contributed by atoms with Crippen molar-refractivity contribution in [2.24, 2.45) is 5.41 Å². The van der Waals surface area contributed by atoms with Crippen LogP contribution in [0, 0.1) is 5.41 Å². The van der Waals surface area contributed by atoms with E-state index in [-0.39, 0.29) is 6.10 Å². The van der Waals surface area contributed by atoms with Crippen LogP contribution in [0.15, 0.2) is 10.6 Å². The third-order valence-corrected chi connectivity index (χ3v) is 3.52. The van der Waals surface area contributed by atoms with Crippen molar-refractivity contribution in [2.45, 2.75) is 38.2 Å². The molecule has 0 saturated heterocycles. The van der Waals surface area contributed by atoms with Crippen LogP contribution in [0.5, 0.6) is 0 Å². The van der Waals surface area contributed by atoms with Gasteiger partial charge in [0, 0.05) is 0 Å². The van der Waals surface area contributed by atoms with Crippen molar-refractivity contribution in [3.05, 3.63) is 10.6 Å². The molecule has 0 aromatic heterocycles. The maximum absolute atomic E-state index is 9.47. The second kappa shape index (κ2) is 2.60. The van der Waals surface area contributed by atoms with Gasteiger partial charge in [-0.3, -0.25) is 0 Å². The molecule has 0 aromatic carbocycles. The van der Waals surface area contributed by atoms with Gasteiger partial charge < -0.3 is 5.11 Å². The maximum atomic E-state index is 9.47. The first kappa shape index (κ1) is 7.81. The van der Waals surface area contributed by atoms with E-state index >= 15 is 0 Å². The summed E-state index contributed by atoms with van der Waals surface area (Å²) in [6, 6.07) is 0. The van der Waals surface area contributed by atoms with Crippen LogP contribution in [0.2, 0.25) is 0 Å². The standard InChI is InChI=1S/C9H13BrO/c10-7-4-8(11)6-9(5-7)2-1-3-9/h4,8,11H,1-3,5-6H2. The summed E-state index contributed by atoms with van der Waals surface area (Å²) in [5.74, 6) is 0. The molecule has 0 aromatic rings. The average Bonchev–Trinajstić information content (AvgIpc) is 1.82. The minimum absolute atomic E-state index is 0.196. The average molecular weight is 217 g/mol. The summed E-state index contributed by atoms with van der Waals surface area (Å²) < 4.78 is 1.20. The zero-order valence-electron chi connectivity index (χ0n) is 6.52. The van der Waals surface area contributed by atoms with Crippen molar-refractivity contribution >= 4 is 15.9 Å². The molecule has 2 aliphatic rings. The summed E-state index contributed by atoms with van der Waals surface area (Å²) in [5, 5.41) is 9.47. The van der Waals surface area contributed by atoms with Gasteiger partial charge in [0.25, 0.3) is 0 Å². The van der Waals surface area contributed by atoms with E-state index in [4.69, 9.17) is 0 Å². The van der Waals surface area contributed by atoms with Crippen LogP contribution in [-0.2, 0) is 0 Å². The lowest BCUT2D eigenvalue weighted by Crippen LogP contribution is -2.35. The van der Waals surface area contributed by atoms with Gasteiger partial charge in [0.05, 0.1) is 6.10 Å². The van der Waals surface area contributed by atoms with Gasteiger partial charge in [-0.25, -0.2) is 0 Å². The number of rotatable bonds is 0. The number of hydrogen-bond donors (Lipinski definition) is 1. The van der Waals surface area contributed by atoms with Crippen molar-refractivity contribution in [1.29, 1.82) is 0 Å². The van der Waals surface area contributed by atoms with Crippen LogP contribution in [-0.4, -0.2) is 11.2 Å². The Labute approximate surface area is 75.6 Å². The Balaban J connectivity index is 2.12. The van der Waals surface area contributed by atoms with E-state index in [2.05, 4.69) is 15.9 Å². The third-order valence-electron chi connectivity index (χ3n) is 2.97. The van der Waals surface area contributed by atoms with E-state index in [1.165, 1.54) is 23.7 Å². The first-order chi connectivity index (χ1) is 5.20. The topological polar surface area (TPSA) is 20.2 Å². The van der Waals surface area contributed by atoms with E-state index in [1.807, 2.05) is 6.08 Å². The van der Waals surface area contributed by atoms with Crippen LogP contribution in [0.4, 0.5) is 0 Å². The Morgan fingerprint density at radius 3 is 2.73 bits per heavy atom. The minimum Gasteiger partial charge on any atom is -0.389 e. The normalized spacial score (nSPS) is 34.7. The van der Waals surface area contributed by atoms with Crippen LogP contribution < -0.4 is 0 Å². The van der Waals surface area contributed by atoms with Gasteiger partial charge in [-0.05, 0) is 41.7 Å². The minimum atomic E-state index is -0.196. The lowest BCUT2D eigenvalue weighted by atomic mass is 9.62. The van der Waals surface area contributed by atoms with E-state index in [1.54, 1.807) is 0 Å². The second-order valence-corrected chi connectivity index (χ2v) is 4.93. The molecule has 0 radical (unpaired) electrons. The highest BCUT2D eigenvalue weighted by molar-refractivity contribution is 9.11. The Hall–Kier alpha value is 0.180. The molecular weight excluding hydrogens is 204 g/mol. The predicted octanol–water partition coefficient (Wildman–Crippen LogP) is 2.59. The molecule has 2 rings (SSSR count). The van der Waals surface area contributed by atoms with Gasteiger partial charge in [0.1, 0.15) is 0 Å². The first-order valence-corrected chi connectivity index (χ1v) is 5.04. The Morgan fingerprint density at radius 2 is 2.27 bits per heavy atom. The molecule has 2 heteroatoms. The molecule has 1 unspecified atom stereocenters. The Kier molecular flexibility index (Phi) is 1.84. The van der Waals surface area contributed by atoms with E-state index in [0.29, 0.717) is 5.41 Å². The quantitative estimate of drug-likeness (QED) is 0.661. The fraction of sp³-hybridized carbons (Fsp3) is 0.778. The van der Waals surface area contributed by atoms with Gasteiger partial charge in [-0.15, -0.1) is 0 Å². The molecule has 0 amide bonds. The van der Waals surface area contributed by atoms with Crippen LogP contribution in [0.1, 0.15) is 32.1 Å². The van der Waals surface area contributed by atoms with Crippen LogP contribution in [0.3, 0.4) is 0 Å². The summed E-state index contributed by atoms with van der Waals surface area (Å²) in [6.07, 6.45) is 7.86. The number of hydrogen-bond acceptors (Lipinski definition) is 1. The number of aliphatic hydroxyl groups is 1. The fourth-order valence-corrected chi connectivity index (χ4v) is 3.16. The van der Waals surface area contributed by atoms with Crippen LogP contribution >= 0.6 is 15.9 Å². The summed E-state index contributed by atoms with van der Waals surface area (Å²) in [7, 11) is 0. The molecule has 1 N–H and O–H groups in total. The molecule has 62 valence electrons. The van der Waals surface area contributed by atoms with Crippen molar-refractivity contribution < 1.29 is 5.11 Å². The van der Waals surface area contributed by atoms with Gasteiger partial charge >= 0.3 is 0 Å². The summed E-state index contributed by atoms with van der Waals surface area (Å²) in [6.45, 7) is 0. The molecule has 1 spiro atoms. The lowest BCUT2D eigenvalue weighted by Gasteiger charge is -2.45. The molecular formula is C9H13BrO. The second-order valence-electron chi connectivity index (χ2n) is 3.92. The molecule has 1 fully saturated rings. The van der Waals surface area contributed by atoms with Gasteiger partial charge in [-0.2, -0.15) is 0 Å². The van der Waals surface area contributed by atoms with E-state index in [9.17, 15) is 5.11 Å². The zero-order valence-corrected chi connectivity index (χ0v) is 8.10. The molecule has 11 heavy (non-hydrogen) atoms. The van der Waals surface area contributed by atoms with E-state index in [0.717, 1.165) is 12.8 Å². The summed E-state index contributed by atoms with van der Waals surface area (Å²) in [4.78, 5) is 0. The van der Waals surface area contributed by atoms with Crippen LogP contribution in [0.25, 0.3) is 0 Å². The largest absolute Gasteiger partial charge is 0.389 e. The van der Waals surface area contributed by atoms with Crippen molar-refractivity contribution in [1.82, 2.24) is 0 Å². The molecule has 1 nitrogen and oxygen atoms in total. The molecule has 1 atom stereocenters. The van der Waals surface area contributed by atoms with E-state index < -0.39 is 0 Å². The first-order valence-electron chi connectivity index (χ1n) is 4.25. The molecule has 0 aliphatic heterocycles. The zero-order chi connectivity index (χ0) is 7.90. The Morgan fingerprint density at radius 1 is 1.55 bits per heavy atom. The molecule has 0 heterocycles. The molecule has 0 bridgehead atoms. The highest BCUT2D eigenvalue weighted by Crippen LogP contribution is 2.52. The summed E-state index contributed by atoms with van der Waals surface area (Å²) in [5.41, 5.74) is 0.479.